The molecule has 0 unspecified atom stereocenters. The lowest BCUT2D eigenvalue weighted by molar-refractivity contribution is -0.119. The molecule has 0 aromatic heterocycles. The molecular formula is C16H18Cl2N2O2. The number of halogens is 2. The maximum absolute atomic E-state index is 10.6. The molecule has 0 bridgehead atoms. The van der Waals surface area contributed by atoms with E-state index in [1.54, 1.807) is 0 Å². The third kappa shape index (κ3) is 5.93. The summed E-state index contributed by atoms with van der Waals surface area (Å²) in [6.45, 7) is 1.32. The molecule has 2 aromatic carbocycles. The van der Waals surface area contributed by atoms with Crippen LogP contribution >= 0.6 is 24.0 Å². The minimum atomic E-state index is -0.486. The summed E-state index contributed by atoms with van der Waals surface area (Å²) in [6.07, 6.45) is 0. The van der Waals surface area contributed by atoms with Crippen LogP contribution in [0.4, 0.5) is 0 Å². The molecule has 0 atom stereocenters. The van der Waals surface area contributed by atoms with Gasteiger partial charge in [-0.25, -0.2) is 0 Å². The zero-order chi connectivity index (χ0) is 15.1. The summed E-state index contributed by atoms with van der Waals surface area (Å²) in [4.78, 5) is 10.6. The Kier molecular flexibility index (Phi) is 7.74. The maximum Gasteiger partial charge on any atom is 0.255 e. The van der Waals surface area contributed by atoms with Crippen molar-refractivity contribution in [2.45, 2.75) is 13.1 Å². The van der Waals surface area contributed by atoms with E-state index >= 15 is 0 Å². The third-order valence-electron chi connectivity index (χ3n) is 2.91. The summed E-state index contributed by atoms with van der Waals surface area (Å²) in [5.41, 5.74) is 7.21. The van der Waals surface area contributed by atoms with Crippen LogP contribution in [0.25, 0.3) is 0 Å². The van der Waals surface area contributed by atoms with Gasteiger partial charge >= 0.3 is 0 Å². The minimum absolute atomic E-state index is 0. The zero-order valence-electron chi connectivity index (χ0n) is 11.9. The monoisotopic (exact) mass is 340 g/mol. The van der Waals surface area contributed by atoms with Crippen LogP contribution in [0.1, 0.15) is 11.1 Å². The molecular weight excluding hydrogens is 323 g/mol. The van der Waals surface area contributed by atoms with Crippen molar-refractivity contribution < 1.29 is 9.53 Å². The third-order valence-corrected chi connectivity index (χ3v) is 3.28. The first-order valence-corrected chi connectivity index (χ1v) is 6.97. The molecule has 0 aliphatic heterocycles. The maximum atomic E-state index is 10.6. The van der Waals surface area contributed by atoms with Gasteiger partial charge in [-0.2, -0.15) is 0 Å². The molecule has 0 radical (unpaired) electrons. The van der Waals surface area contributed by atoms with Crippen molar-refractivity contribution in [2.75, 3.05) is 6.61 Å². The molecule has 2 rings (SSSR count). The second-order valence-corrected chi connectivity index (χ2v) is 5.00. The average Bonchev–Trinajstić information content (AvgIpc) is 2.48. The van der Waals surface area contributed by atoms with Gasteiger partial charge in [0, 0.05) is 18.1 Å². The van der Waals surface area contributed by atoms with Crippen molar-refractivity contribution in [3.63, 3.8) is 0 Å². The number of rotatable bonds is 7. The summed E-state index contributed by atoms with van der Waals surface area (Å²) < 4.78 is 5.20. The molecule has 3 N–H and O–H groups in total. The summed E-state index contributed by atoms with van der Waals surface area (Å²) in [5.74, 6) is 0.143. The Hall–Kier alpha value is -1.75. The summed E-state index contributed by atoms with van der Waals surface area (Å²) in [7, 11) is 0. The number of ether oxygens (including phenoxy) is 1. The Morgan fingerprint density at radius 2 is 1.77 bits per heavy atom. The van der Waals surface area contributed by atoms with Crippen molar-refractivity contribution in [3.05, 3.63) is 64.7 Å². The Bertz CT molecular complexity index is 603. The molecule has 0 spiro atoms. The van der Waals surface area contributed by atoms with Crippen molar-refractivity contribution in [1.29, 1.82) is 0 Å². The van der Waals surface area contributed by atoms with Crippen molar-refractivity contribution in [3.8, 4) is 5.75 Å². The van der Waals surface area contributed by atoms with Gasteiger partial charge in [-0.15, -0.1) is 12.4 Å². The van der Waals surface area contributed by atoms with Crippen LogP contribution in [0.2, 0.25) is 5.02 Å². The van der Waals surface area contributed by atoms with Crippen LogP contribution < -0.4 is 15.8 Å². The van der Waals surface area contributed by atoms with Gasteiger partial charge in [-0.05, 0) is 29.3 Å². The summed E-state index contributed by atoms with van der Waals surface area (Å²) in [5, 5.41) is 4.09. The van der Waals surface area contributed by atoms with Crippen LogP contribution in [0.5, 0.6) is 5.75 Å². The molecule has 118 valence electrons. The van der Waals surface area contributed by atoms with Crippen LogP contribution in [-0.4, -0.2) is 12.5 Å². The topological polar surface area (TPSA) is 64.4 Å². The molecule has 0 aliphatic carbocycles. The highest BCUT2D eigenvalue weighted by Crippen LogP contribution is 2.15. The number of nitrogens with one attached hydrogen (secondary N) is 1. The molecule has 4 nitrogen and oxygen atoms in total. The van der Waals surface area contributed by atoms with E-state index < -0.39 is 5.91 Å². The number of hydrogen-bond acceptors (Lipinski definition) is 3. The van der Waals surface area contributed by atoms with Crippen LogP contribution in [0.15, 0.2) is 48.5 Å². The molecule has 2 aromatic rings. The van der Waals surface area contributed by atoms with Gasteiger partial charge in [0.2, 0.25) is 0 Å². The van der Waals surface area contributed by atoms with E-state index in [0.29, 0.717) is 12.3 Å². The van der Waals surface area contributed by atoms with E-state index in [2.05, 4.69) is 5.32 Å². The standard InChI is InChI=1S/C16H17ClN2O2.ClH/c17-15-4-2-1-3-13(15)10-19-9-12-5-7-14(8-6-12)21-11-16(18)20;/h1-8,19H,9-11H2,(H2,18,20);1H. The Balaban J connectivity index is 0.00000242. The number of nitrogens with two attached hydrogens (primary N) is 1. The van der Waals surface area contributed by atoms with Gasteiger partial charge in [-0.3, -0.25) is 4.79 Å². The van der Waals surface area contributed by atoms with Crippen molar-refractivity contribution in [1.82, 2.24) is 5.32 Å². The lowest BCUT2D eigenvalue weighted by Crippen LogP contribution is -2.20. The molecule has 6 heteroatoms. The Labute approximate surface area is 141 Å². The predicted molar refractivity (Wildman–Crippen MR) is 90.4 cm³/mol. The fourth-order valence-corrected chi connectivity index (χ4v) is 2.04. The Morgan fingerprint density at radius 1 is 1.09 bits per heavy atom. The fourth-order valence-electron chi connectivity index (χ4n) is 1.84. The molecule has 0 aliphatic rings. The van der Waals surface area contributed by atoms with Crippen molar-refractivity contribution in [2.24, 2.45) is 5.73 Å². The van der Waals surface area contributed by atoms with Crippen LogP contribution in [0, 0.1) is 0 Å². The summed E-state index contributed by atoms with van der Waals surface area (Å²) >= 11 is 6.09. The van der Waals surface area contributed by atoms with Crippen LogP contribution in [-0.2, 0) is 17.9 Å². The van der Waals surface area contributed by atoms with E-state index in [0.717, 1.165) is 22.7 Å². The molecule has 0 fully saturated rings. The molecule has 0 saturated carbocycles. The molecule has 0 heterocycles. The first-order chi connectivity index (χ1) is 10.1. The van der Waals surface area contributed by atoms with Gasteiger partial charge in [0.1, 0.15) is 5.75 Å². The Morgan fingerprint density at radius 3 is 2.41 bits per heavy atom. The number of primary amides is 1. The first kappa shape index (κ1) is 18.3. The van der Waals surface area contributed by atoms with E-state index in [9.17, 15) is 4.79 Å². The highest BCUT2D eigenvalue weighted by molar-refractivity contribution is 6.31. The highest BCUT2D eigenvalue weighted by Gasteiger charge is 2.00. The smallest absolute Gasteiger partial charge is 0.255 e. The SMILES string of the molecule is Cl.NC(=O)COc1ccc(CNCc2ccccc2Cl)cc1. The predicted octanol–water partition coefficient (Wildman–Crippen LogP) is 2.92. The number of benzene rings is 2. The number of hydrogen-bond donors (Lipinski definition) is 2. The molecule has 0 saturated heterocycles. The lowest BCUT2D eigenvalue weighted by atomic mass is 10.2. The van der Waals surface area contributed by atoms with E-state index in [4.69, 9.17) is 22.1 Å². The largest absolute Gasteiger partial charge is 0.484 e. The van der Waals surface area contributed by atoms with Gasteiger partial charge in [0.25, 0.3) is 5.91 Å². The van der Waals surface area contributed by atoms with E-state index in [1.807, 2.05) is 48.5 Å². The number of carbonyl (C=O) groups excluding carboxylic acids is 1. The lowest BCUT2D eigenvalue weighted by Gasteiger charge is -2.08. The normalized spacial score (nSPS) is 9.86. The van der Waals surface area contributed by atoms with E-state index in [1.165, 1.54) is 0 Å². The minimum Gasteiger partial charge on any atom is -0.484 e. The second kappa shape index (κ2) is 9.30. The van der Waals surface area contributed by atoms with Gasteiger partial charge in [0.05, 0.1) is 0 Å². The number of carbonyl (C=O) groups is 1. The van der Waals surface area contributed by atoms with Crippen LogP contribution in [0.3, 0.4) is 0 Å². The molecule has 1 amide bonds. The van der Waals surface area contributed by atoms with Gasteiger partial charge < -0.3 is 15.8 Å². The van der Waals surface area contributed by atoms with Crippen molar-refractivity contribution >= 4 is 29.9 Å². The highest BCUT2D eigenvalue weighted by atomic mass is 35.5. The van der Waals surface area contributed by atoms with E-state index in [-0.39, 0.29) is 19.0 Å². The summed E-state index contributed by atoms with van der Waals surface area (Å²) in [6, 6.07) is 15.3. The average molecular weight is 341 g/mol. The van der Waals surface area contributed by atoms with Gasteiger partial charge in [-0.1, -0.05) is 41.9 Å². The fraction of sp³-hybridized carbons (Fsp3) is 0.188. The second-order valence-electron chi connectivity index (χ2n) is 4.59. The quantitative estimate of drug-likeness (QED) is 0.814. The number of amides is 1. The zero-order valence-corrected chi connectivity index (χ0v) is 13.5. The first-order valence-electron chi connectivity index (χ1n) is 6.59. The molecule has 22 heavy (non-hydrogen) atoms. The van der Waals surface area contributed by atoms with Gasteiger partial charge in [0.15, 0.2) is 6.61 Å².